The number of pyridine rings is 1. The lowest BCUT2D eigenvalue weighted by atomic mass is 9.73. The maximum atomic E-state index is 15.6. The summed E-state index contributed by atoms with van der Waals surface area (Å²) in [4.78, 5) is 18.6. The van der Waals surface area contributed by atoms with E-state index in [1.165, 1.54) is 43.8 Å². The van der Waals surface area contributed by atoms with Crippen molar-refractivity contribution in [3.8, 4) is 23.0 Å². The van der Waals surface area contributed by atoms with Crippen LogP contribution in [0.15, 0.2) is 42.5 Å². The van der Waals surface area contributed by atoms with Crippen LogP contribution < -0.4 is 10.0 Å². The second-order valence-electron chi connectivity index (χ2n) is 14.9. The highest BCUT2D eigenvalue weighted by Crippen LogP contribution is 2.64. The van der Waals surface area contributed by atoms with Crippen LogP contribution in [-0.2, 0) is 46.9 Å². The SMILES string of the molecule is Cn1nc(NS(C)(=O)=O)c2c(F)ccc(-c3ccc(C#CC(C)(C)O)nc3C(Cc3cc(F)cc(F)c3)NC(=O)Cn3nc(C(F)(F)F)c4c3C(F)(F)C3CCC43)c21. The van der Waals surface area contributed by atoms with Crippen LogP contribution >= 0.6 is 0 Å². The molecule has 3 atom stereocenters. The Kier molecular flexibility index (Phi) is 9.86. The molecule has 0 aliphatic heterocycles. The lowest BCUT2D eigenvalue weighted by molar-refractivity contribution is -0.144. The summed E-state index contributed by atoms with van der Waals surface area (Å²) in [6.07, 6.45) is -4.67. The average molecular weight is 836 g/mol. The van der Waals surface area contributed by atoms with Crippen molar-refractivity contribution in [2.24, 2.45) is 13.0 Å². The predicted octanol–water partition coefficient (Wildman–Crippen LogP) is 6.46. The molecule has 1 amide bonds. The number of amides is 1. The molecular formula is C38H33F8N7O4S. The monoisotopic (exact) mass is 835 g/mol. The van der Waals surface area contributed by atoms with Crippen molar-refractivity contribution in [3.05, 3.63) is 93.8 Å². The Morgan fingerprint density at radius 1 is 1.03 bits per heavy atom. The van der Waals surface area contributed by atoms with E-state index in [4.69, 9.17) is 0 Å². The molecule has 1 fully saturated rings. The number of aromatic nitrogens is 5. The topological polar surface area (TPSA) is 144 Å². The van der Waals surface area contributed by atoms with E-state index in [0.29, 0.717) is 10.7 Å². The number of hydrogen-bond acceptors (Lipinski definition) is 7. The molecule has 2 aromatic carbocycles. The normalized spacial score (nSPS) is 17.9. The van der Waals surface area contributed by atoms with Crippen molar-refractivity contribution in [2.45, 2.75) is 69.3 Å². The van der Waals surface area contributed by atoms with Crippen molar-refractivity contribution in [2.75, 3.05) is 11.0 Å². The summed E-state index contributed by atoms with van der Waals surface area (Å²) in [6, 6.07) is 6.19. The van der Waals surface area contributed by atoms with Crippen LogP contribution in [0.2, 0.25) is 0 Å². The zero-order valence-electron chi connectivity index (χ0n) is 30.9. The first-order valence-corrected chi connectivity index (χ1v) is 19.5. The van der Waals surface area contributed by atoms with Gasteiger partial charge in [0.15, 0.2) is 11.5 Å². The Bertz CT molecular complexity index is 2660. The molecule has 3 unspecified atom stereocenters. The molecule has 2 aliphatic carbocycles. The molecule has 3 heterocycles. The molecule has 2 aliphatic rings. The predicted molar refractivity (Wildman–Crippen MR) is 193 cm³/mol. The summed E-state index contributed by atoms with van der Waals surface area (Å²) in [5, 5.41) is 20.2. The summed E-state index contributed by atoms with van der Waals surface area (Å²) in [5.41, 5.74) is -4.60. The zero-order valence-corrected chi connectivity index (χ0v) is 31.8. The fraction of sp³-hybridized carbons (Fsp3) is 0.368. The Morgan fingerprint density at radius 3 is 2.31 bits per heavy atom. The molecule has 11 nitrogen and oxygen atoms in total. The van der Waals surface area contributed by atoms with E-state index in [1.807, 2.05) is 0 Å². The minimum absolute atomic E-state index is 0.0110. The number of sulfonamides is 1. The van der Waals surface area contributed by atoms with Crippen LogP contribution in [0.25, 0.3) is 22.0 Å². The van der Waals surface area contributed by atoms with Crippen LogP contribution in [-0.4, -0.2) is 55.8 Å². The number of fused-ring (bicyclic) bond motifs is 4. The quantitative estimate of drug-likeness (QED) is 0.114. The van der Waals surface area contributed by atoms with E-state index in [-0.39, 0.29) is 57.6 Å². The van der Waals surface area contributed by atoms with Gasteiger partial charge in [0, 0.05) is 35.7 Å². The van der Waals surface area contributed by atoms with Gasteiger partial charge in [-0.2, -0.15) is 32.1 Å². The Balaban J connectivity index is 1.39. The van der Waals surface area contributed by atoms with Crippen LogP contribution in [0.5, 0.6) is 0 Å². The lowest BCUT2D eigenvalue weighted by Crippen LogP contribution is -2.36. The highest BCUT2D eigenvalue weighted by molar-refractivity contribution is 7.92. The number of halogens is 8. The average Bonchev–Trinajstić information content (AvgIpc) is 3.64. The third-order valence-electron chi connectivity index (χ3n) is 9.94. The van der Waals surface area contributed by atoms with Crippen molar-refractivity contribution in [1.82, 2.24) is 29.9 Å². The number of anilines is 1. The van der Waals surface area contributed by atoms with E-state index in [9.17, 15) is 40.3 Å². The molecule has 0 spiro atoms. The summed E-state index contributed by atoms with van der Waals surface area (Å²) in [5.74, 6) is -5.31. The molecule has 5 aromatic rings. The molecule has 0 radical (unpaired) electrons. The zero-order chi connectivity index (χ0) is 42.3. The summed E-state index contributed by atoms with van der Waals surface area (Å²) >= 11 is 0. The Morgan fingerprint density at radius 2 is 1.71 bits per heavy atom. The molecule has 20 heteroatoms. The first-order valence-electron chi connectivity index (χ1n) is 17.6. The summed E-state index contributed by atoms with van der Waals surface area (Å²) < 4.78 is 146. The third kappa shape index (κ3) is 7.72. The van der Waals surface area contributed by atoms with Crippen LogP contribution in [0, 0.1) is 35.2 Å². The van der Waals surface area contributed by atoms with E-state index >= 15 is 13.2 Å². The number of hydrogen-bond donors (Lipinski definition) is 3. The fourth-order valence-electron chi connectivity index (χ4n) is 7.61. The highest BCUT2D eigenvalue weighted by Gasteiger charge is 2.63. The number of aryl methyl sites for hydroxylation is 1. The molecule has 3 N–H and O–H groups in total. The van der Waals surface area contributed by atoms with Crippen LogP contribution in [0.1, 0.15) is 72.6 Å². The number of aliphatic hydroxyl groups is 1. The fourth-order valence-corrected chi connectivity index (χ4v) is 8.11. The highest BCUT2D eigenvalue weighted by atomic mass is 32.2. The maximum Gasteiger partial charge on any atom is 0.435 e. The van der Waals surface area contributed by atoms with Gasteiger partial charge in [-0.05, 0) is 86.9 Å². The number of nitrogens with one attached hydrogen (secondary N) is 2. The van der Waals surface area contributed by atoms with Gasteiger partial charge in [0.05, 0.1) is 28.9 Å². The minimum atomic E-state index is -5.11. The molecule has 1 saturated carbocycles. The smallest absolute Gasteiger partial charge is 0.378 e. The molecule has 7 rings (SSSR count). The molecular weight excluding hydrogens is 803 g/mol. The van der Waals surface area contributed by atoms with Crippen LogP contribution in [0.4, 0.5) is 40.9 Å². The number of nitrogens with zero attached hydrogens (tertiary/aromatic N) is 5. The van der Waals surface area contributed by atoms with Gasteiger partial charge < -0.3 is 10.4 Å². The first kappa shape index (κ1) is 40.6. The van der Waals surface area contributed by atoms with Gasteiger partial charge in [-0.15, -0.1) is 0 Å². The van der Waals surface area contributed by atoms with E-state index in [1.54, 1.807) is 0 Å². The standard InChI is InChI=1S/C38H33F8N7O4S/c1-36(2,55)12-11-21-5-6-22(23-8-10-26(41)30-32(23)52(3)50-35(30)51-58(4,56)57)31(47-21)27(15-18-13-19(39)16-20(40)14-18)48-28(54)17-53-34-29(33(49-53)38(44,45)46)24-7-9-25(24)37(34,42)43/h5-6,8,10,13-14,16,24-25,27,55H,7,9,15,17H2,1-4H3,(H,48,54)(H,50,51). The van der Waals surface area contributed by atoms with E-state index in [0.717, 1.165) is 24.5 Å². The van der Waals surface area contributed by atoms with E-state index in [2.05, 4.69) is 37.1 Å². The number of rotatable bonds is 9. The van der Waals surface area contributed by atoms with Crippen molar-refractivity contribution < 1.29 is 53.4 Å². The molecule has 58 heavy (non-hydrogen) atoms. The van der Waals surface area contributed by atoms with Gasteiger partial charge in [0.25, 0.3) is 5.92 Å². The number of carbonyl (C=O) groups is 1. The second-order valence-corrected chi connectivity index (χ2v) is 16.6. The maximum absolute atomic E-state index is 15.6. The second kappa shape index (κ2) is 14.1. The van der Waals surface area contributed by atoms with E-state index < -0.39 is 98.9 Å². The Labute approximate surface area is 325 Å². The largest absolute Gasteiger partial charge is 0.435 e. The van der Waals surface area contributed by atoms with Gasteiger partial charge in [-0.1, -0.05) is 5.92 Å². The molecule has 306 valence electrons. The molecule has 3 aromatic heterocycles. The Hall–Kier alpha value is -5.55. The third-order valence-corrected chi connectivity index (χ3v) is 10.5. The molecule has 0 saturated heterocycles. The van der Waals surface area contributed by atoms with Crippen molar-refractivity contribution >= 4 is 32.7 Å². The van der Waals surface area contributed by atoms with Gasteiger partial charge in [0.2, 0.25) is 15.9 Å². The molecule has 0 bridgehead atoms. The van der Waals surface area contributed by atoms with Crippen LogP contribution in [0.3, 0.4) is 0 Å². The first-order chi connectivity index (χ1) is 26.9. The number of carbonyl (C=O) groups excluding carboxylic acids is 1. The van der Waals surface area contributed by atoms with Crippen molar-refractivity contribution in [3.63, 3.8) is 0 Å². The van der Waals surface area contributed by atoms with Gasteiger partial charge in [0.1, 0.15) is 41.0 Å². The van der Waals surface area contributed by atoms with Gasteiger partial charge >= 0.3 is 6.18 Å². The summed E-state index contributed by atoms with van der Waals surface area (Å²) in [6.45, 7) is 1.65. The number of benzene rings is 2. The lowest BCUT2D eigenvalue weighted by Gasteiger charge is -2.34. The number of alkyl halides is 5. The minimum Gasteiger partial charge on any atom is -0.378 e. The summed E-state index contributed by atoms with van der Waals surface area (Å²) in [7, 11) is -2.57. The van der Waals surface area contributed by atoms with Gasteiger partial charge in [-0.25, -0.2) is 26.6 Å². The van der Waals surface area contributed by atoms with Crippen molar-refractivity contribution in [1.29, 1.82) is 0 Å². The van der Waals surface area contributed by atoms with Gasteiger partial charge in [-0.3, -0.25) is 18.9 Å².